The van der Waals surface area contributed by atoms with Gasteiger partial charge in [0.25, 0.3) is 0 Å². The summed E-state index contributed by atoms with van der Waals surface area (Å²) in [6.45, 7) is 21.4. The Morgan fingerprint density at radius 2 is 1.60 bits per heavy atom. The molecule has 1 aromatic rings. The Morgan fingerprint density at radius 3 is 1.93 bits per heavy atom. The average Bonchev–Trinajstić information content (AvgIpc) is 2.48. The molecule has 0 spiro atoms. The smallest absolute Gasteiger partial charge is 0.135 e. The van der Waals surface area contributed by atoms with E-state index in [1.54, 1.807) is 0 Å². The number of furan rings is 1. The molecule has 1 heterocycles. The normalized spacial score (nSPS) is 12.1. The largest absolute Gasteiger partial charge is 0.456 e. The summed E-state index contributed by atoms with van der Waals surface area (Å²) >= 11 is 0. The van der Waals surface area contributed by atoms with Gasteiger partial charge in [-0.3, -0.25) is 0 Å². The van der Waals surface area contributed by atoms with E-state index in [1.165, 1.54) is 0 Å². The molecule has 1 heteroatoms. The molecule has 0 aliphatic carbocycles. The van der Waals surface area contributed by atoms with Crippen molar-refractivity contribution in [1.82, 2.24) is 0 Å². The van der Waals surface area contributed by atoms with Crippen molar-refractivity contribution in [2.24, 2.45) is 0 Å². The first-order valence-electron chi connectivity index (χ1n) is 4.66. The highest BCUT2D eigenvalue weighted by Crippen LogP contribution is 1.83. The van der Waals surface area contributed by atoms with Crippen molar-refractivity contribution in [1.29, 1.82) is 0 Å². The van der Waals surface area contributed by atoms with Gasteiger partial charge < -0.3 is 4.42 Å². The van der Waals surface area contributed by atoms with Gasteiger partial charge in [0.2, 0.25) is 0 Å². The van der Waals surface area contributed by atoms with Gasteiger partial charge in [0.05, 0.1) is 0 Å². The van der Waals surface area contributed by atoms with Gasteiger partial charge in [0, 0.05) is 10.4 Å². The second-order valence-electron chi connectivity index (χ2n) is 3.07. The molecule has 15 heavy (non-hydrogen) atoms. The standard InChI is InChI=1S/C12H14O.C2H4/c1-6-11-9(4)10(5)12(13-11)7-8(2)3;1-2/h6-7H,2,4-5H2,1,3H3;1-2H2/b11-6+,12-7+;. The van der Waals surface area contributed by atoms with Crippen LogP contribution in [0.25, 0.3) is 25.3 Å². The van der Waals surface area contributed by atoms with Crippen LogP contribution in [0.15, 0.2) is 29.7 Å². The molecule has 80 valence electrons. The number of hydrogen-bond donors (Lipinski definition) is 0. The van der Waals surface area contributed by atoms with Gasteiger partial charge in [-0.15, -0.1) is 13.2 Å². The molecule has 0 unspecified atom stereocenters. The lowest BCUT2D eigenvalue weighted by Crippen LogP contribution is -2.34. The maximum absolute atomic E-state index is 5.51. The van der Waals surface area contributed by atoms with E-state index >= 15 is 0 Å². The Balaban J connectivity index is 0.000000921. The minimum Gasteiger partial charge on any atom is -0.456 e. The van der Waals surface area contributed by atoms with Crippen LogP contribution in [-0.4, -0.2) is 0 Å². The summed E-state index contributed by atoms with van der Waals surface area (Å²) in [6.07, 6.45) is 3.75. The fraction of sp³-hybridized carbons (Fsp3) is 0.143. The van der Waals surface area contributed by atoms with Crippen LogP contribution >= 0.6 is 0 Å². The number of hydrogen-bond acceptors (Lipinski definition) is 1. The summed E-state index contributed by atoms with van der Waals surface area (Å²) in [7, 11) is 0. The minimum atomic E-state index is 0.755. The molecular weight excluding hydrogens is 184 g/mol. The van der Waals surface area contributed by atoms with E-state index < -0.39 is 0 Å². The number of allylic oxidation sites excluding steroid dienone is 1. The molecule has 0 aliphatic heterocycles. The van der Waals surface area contributed by atoms with Gasteiger partial charge in [-0.2, -0.15) is 0 Å². The molecule has 0 saturated heterocycles. The summed E-state index contributed by atoms with van der Waals surface area (Å²) in [5.74, 6) is 0. The van der Waals surface area contributed by atoms with E-state index in [0.717, 1.165) is 26.8 Å². The molecular formula is C14H18O. The Bertz CT molecular complexity index is 543. The molecule has 0 aliphatic rings. The first-order valence-corrected chi connectivity index (χ1v) is 4.66. The average molecular weight is 202 g/mol. The van der Waals surface area contributed by atoms with Crippen LogP contribution in [0.2, 0.25) is 0 Å². The third-order valence-corrected chi connectivity index (χ3v) is 1.82. The van der Waals surface area contributed by atoms with Gasteiger partial charge >= 0.3 is 0 Å². The SMILES string of the molecule is C=C.C=C(C)/C=c1/o/c(=C/C)c(=C)c1=C. The van der Waals surface area contributed by atoms with Crippen molar-refractivity contribution in [2.75, 3.05) is 0 Å². The summed E-state index contributed by atoms with van der Waals surface area (Å²) < 4.78 is 5.51. The molecule has 0 amide bonds. The third kappa shape index (κ3) is 3.13. The van der Waals surface area contributed by atoms with Crippen molar-refractivity contribution >= 4 is 25.3 Å². The van der Waals surface area contributed by atoms with Crippen LogP contribution in [-0.2, 0) is 0 Å². The Labute approximate surface area is 90.7 Å². The molecule has 1 rings (SSSR count). The summed E-state index contributed by atoms with van der Waals surface area (Å²) in [4.78, 5) is 0. The highest BCUT2D eigenvalue weighted by Gasteiger charge is 1.92. The second kappa shape index (κ2) is 5.86. The predicted octanol–water partition coefficient (Wildman–Crippen LogP) is 1.06. The zero-order valence-electron chi connectivity index (χ0n) is 9.60. The van der Waals surface area contributed by atoms with Crippen molar-refractivity contribution in [3.63, 3.8) is 0 Å². The van der Waals surface area contributed by atoms with Crippen molar-refractivity contribution in [3.8, 4) is 0 Å². The lowest BCUT2D eigenvalue weighted by Gasteiger charge is -1.80. The van der Waals surface area contributed by atoms with E-state index in [-0.39, 0.29) is 0 Å². The van der Waals surface area contributed by atoms with Crippen LogP contribution in [0.3, 0.4) is 0 Å². The molecule has 0 atom stereocenters. The zero-order chi connectivity index (χ0) is 12.0. The molecule has 0 fully saturated rings. The topological polar surface area (TPSA) is 13.1 Å². The van der Waals surface area contributed by atoms with E-state index in [4.69, 9.17) is 4.42 Å². The lowest BCUT2D eigenvalue weighted by molar-refractivity contribution is 0.498. The molecule has 0 aromatic carbocycles. The predicted molar refractivity (Wildman–Crippen MR) is 68.9 cm³/mol. The fourth-order valence-electron chi connectivity index (χ4n) is 1.11. The summed E-state index contributed by atoms with van der Waals surface area (Å²) in [5.41, 5.74) is 2.49. The second-order valence-corrected chi connectivity index (χ2v) is 3.07. The minimum absolute atomic E-state index is 0.755. The molecule has 0 N–H and O–H groups in total. The van der Waals surface area contributed by atoms with Crippen LogP contribution < -0.4 is 21.3 Å². The van der Waals surface area contributed by atoms with Gasteiger partial charge in [-0.25, -0.2) is 0 Å². The van der Waals surface area contributed by atoms with Crippen LogP contribution in [0.4, 0.5) is 0 Å². The van der Waals surface area contributed by atoms with Gasteiger partial charge in [0.1, 0.15) is 10.8 Å². The van der Waals surface area contributed by atoms with E-state index in [1.807, 2.05) is 26.0 Å². The van der Waals surface area contributed by atoms with E-state index in [2.05, 4.69) is 32.9 Å². The van der Waals surface area contributed by atoms with E-state index in [9.17, 15) is 0 Å². The first kappa shape index (κ1) is 13.2. The van der Waals surface area contributed by atoms with Crippen LogP contribution in [0.1, 0.15) is 13.8 Å². The van der Waals surface area contributed by atoms with Crippen LogP contribution in [0, 0.1) is 0 Å². The molecule has 0 bridgehead atoms. The molecule has 0 radical (unpaired) electrons. The fourth-order valence-corrected chi connectivity index (χ4v) is 1.11. The third-order valence-electron chi connectivity index (χ3n) is 1.82. The van der Waals surface area contributed by atoms with Gasteiger partial charge in [-0.05, 0) is 26.0 Å². The Hall–Kier alpha value is -1.76. The Morgan fingerprint density at radius 1 is 1.13 bits per heavy atom. The van der Waals surface area contributed by atoms with Crippen LogP contribution in [0.5, 0.6) is 0 Å². The number of rotatable bonds is 1. The summed E-state index contributed by atoms with van der Waals surface area (Å²) in [5, 5.41) is 1.70. The monoisotopic (exact) mass is 202 g/mol. The highest BCUT2D eigenvalue weighted by molar-refractivity contribution is 5.41. The highest BCUT2D eigenvalue weighted by atomic mass is 16.3. The maximum atomic E-state index is 5.51. The van der Waals surface area contributed by atoms with Crippen molar-refractivity contribution in [3.05, 3.63) is 46.6 Å². The molecule has 0 saturated carbocycles. The van der Waals surface area contributed by atoms with Gasteiger partial charge in [0.15, 0.2) is 0 Å². The van der Waals surface area contributed by atoms with E-state index in [0.29, 0.717) is 0 Å². The molecule has 1 aromatic heterocycles. The first-order chi connectivity index (χ1) is 7.06. The lowest BCUT2D eigenvalue weighted by atomic mass is 10.3. The van der Waals surface area contributed by atoms with Crippen molar-refractivity contribution in [2.45, 2.75) is 13.8 Å². The zero-order valence-corrected chi connectivity index (χ0v) is 9.60. The molecule has 1 nitrogen and oxygen atoms in total. The van der Waals surface area contributed by atoms with Gasteiger partial charge in [-0.1, -0.05) is 25.3 Å². The van der Waals surface area contributed by atoms with Crippen molar-refractivity contribution < 1.29 is 4.42 Å². The maximum Gasteiger partial charge on any atom is 0.135 e. The quantitative estimate of drug-likeness (QED) is 0.621. The summed E-state index contributed by atoms with van der Waals surface area (Å²) in [6, 6.07) is 0. The Kier molecular flexibility index (Phi) is 5.18.